The van der Waals surface area contributed by atoms with E-state index in [0.29, 0.717) is 26.2 Å². The number of H-pyrrole nitrogens is 1. The number of amides is 2. The Balaban J connectivity index is 1.91. The average molecular weight is 239 g/mol. The summed E-state index contributed by atoms with van der Waals surface area (Å²) >= 11 is 0. The van der Waals surface area contributed by atoms with Crippen LogP contribution >= 0.6 is 0 Å². The van der Waals surface area contributed by atoms with Crippen molar-refractivity contribution in [2.75, 3.05) is 33.3 Å². The Kier molecular flexibility index (Phi) is 3.22. The van der Waals surface area contributed by atoms with Crippen molar-refractivity contribution in [3.63, 3.8) is 0 Å². The topological polar surface area (TPSA) is 91.4 Å². The van der Waals surface area contributed by atoms with Gasteiger partial charge in [-0.3, -0.25) is 9.89 Å². The molecule has 1 aliphatic heterocycles. The smallest absolute Gasteiger partial charge is 0.409 e. The second-order valence-electron chi connectivity index (χ2n) is 3.58. The molecule has 8 nitrogen and oxygen atoms in total. The number of carbonyl (C=O) groups excluding carboxylic acids is 2. The summed E-state index contributed by atoms with van der Waals surface area (Å²) in [6.45, 7) is 1.86. The fourth-order valence-corrected chi connectivity index (χ4v) is 1.68. The minimum absolute atomic E-state index is 0.202. The van der Waals surface area contributed by atoms with Crippen molar-refractivity contribution in [2.24, 2.45) is 0 Å². The van der Waals surface area contributed by atoms with E-state index in [4.69, 9.17) is 0 Å². The first-order valence-electron chi connectivity index (χ1n) is 5.20. The molecular formula is C9H13N5O3. The van der Waals surface area contributed by atoms with Gasteiger partial charge in [0.1, 0.15) is 6.33 Å². The van der Waals surface area contributed by atoms with E-state index in [9.17, 15) is 9.59 Å². The summed E-state index contributed by atoms with van der Waals surface area (Å²) < 4.78 is 4.61. The third-order valence-corrected chi connectivity index (χ3v) is 2.62. The Bertz CT molecular complexity index is 397. The molecule has 0 bridgehead atoms. The zero-order valence-electron chi connectivity index (χ0n) is 9.42. The third-order valence-electron chi connectivity index (χ3n) is 2.62. The largest absolute Gasteiger partial charge is 0.453 e. The molecule has 1 aromatic rings. The van der Waals surface area contributed by atoms with Crippen LogP contribution in [0.3, 0.4) is 0 Å². The van der Waals surface area contributed by atoms with Crippen molar-refractivity contribution in [2.45, 2.75) is 0 Å². The van der Waals surface area contributed by atoms with Crippen LogP contribution in [0.5, 0.6) is 0 Å². The molecule has 17 heavy (non-hydrogen) atoms. The molecule has 2 heterocycles. The highest BCUT2D eigenvalue weighted by atomic mass is 16.5. The third kappa shape index (κ3) is 2.35. The van der Waals surface area contributed by atoms with Crippen LogP contribution in [-0.4, -0.2) is 70.3 Å². The first kappa shape index (κ1) is 11.4. The van der Waals surface area contributed by atoms with Crippen LogP contribution in [0.25, 0.3) is 0 Å². The average Bonchev–Trinajstić information content (AvgIpc) is 2.91. The zero-order chi connectivity index (χ0) is 12.3. The molecule has 8 heteroatoms. The molecule has 0 aromatic carbocycles. The molecule has 1 fully saturated rings. The van der Waals surface area contributed by atoms with E-state index < -0.39 is 0 Å². The number of hydrogen-bond acceptors (Lipinski definition) is 5. The van der Waals surface area contributed by atoms with Crippen LogP contribution in [0.1, 0.15) is 10.6 Å². The van der Waals surface area contributed by atoms with Crippen LogP contribution in [0.15, 0.2) is 6.33 Å². The van der Waals surface area contributed by atoms with Gasteiger partial charge in [0.25, 0.3) is 5.91 Å². The number of methoxy groups -OCH3 is 1. The van der Waals surface area contributed by atoms with Crippen molar-refractivity contribution in [1.29, 1.82) is 0 Å². The number of piperazine rings is 1. The van der Waals surface area contributed by atoms with Crippen molar-refractivity contribution >= 4 is 12.0 Å². The number of carbonyl (C=O) groups is 2. The fourth-order valence-electron chi connectivity index (χ4n) is 1.68. The molecule has 0 saturated carbocycles. The summed E-state index contributed by atoms with van der Waals surface area (Å²) in [5.41, 5.74) is 0. The molecule has 0 radical (unpaired) electrons. The lowest BCUT2D eigenvalue weighted by Crippen LogP contribution is -2.50. The normalized spacial score (nSPS) is 15.8. The number of aromatic nitrogens is 3. The molecule has 0 spiro atoms. The van der Waals surface area contributed by atoms with Gasteiger partial charge in [0.15, 0.2) is 0 Å². The number of ether oxygens (including phenoxy) is 1. The molecule has 1 aromatic heterocycles. The highest BCUT2D eigenvalue weighted by molar-refractivity contribution is 5.90. The zero-order valence-corrected chi connectivity index (χ0v) is 9.42. The van der Waals surface area contributed by atoms with Gasteiger partial charge in [0.05, 0.1) is 7.11 Å². The molecule has 2 rings (SSSR count). The van der Waals surface area contributed by atoms with E-state index in [2.05, 4.69) is 19.9 Å². The summed E-state index contributed by atoms with van der Waals surface area (Å²) in [5.74, 6) is 0.0172. The number of hydrogen-bond donors (Lipinski definition) is 1. The van der Waals surface area contributed by atoms with Crippen LogP contribution in [0.4, 0.5) is 4.79 Å². The molecular weight excluding hydrogens is 226 g/mol. The highest BCUT2D eigenvalue weighted by Crippen LogP contribution is 2.06. The lowest BCUT2D eigenvalue weighted by molar-refractivity contribution is 0.0589. The van der Waals surface area contributed by atoms with Gasteiger partial charge in [-0.25, -0.2) is 9.78 Å². The molecule has 1 N–H and O–H groups in total. The van der Waals surface area contributed by atoms with Crippen molar-refractivity contribution < 1.29 is 14.3 Å². The van der Waals surface area contributed by atoms with E-state index in [-0.39, 0.29) is 17.8 Å². The molecule has 0 atom stereocenters. The van der Waals surface area contributed by atoms with Gasteiger partial charge < -0.3 is 14.5 Å². The molecule has 2 amide bonds. The lowest BCUT2D eigenvalue weighted by Gasteiger charge is -2.33. The van der Waals surface area contributed by atoms with Crippen molar-refractivity contribution in [3.05, 3.63) is 12.2 Å². The highest BCUT2D eigenvalue weighted by Gasteiger charge is 2.26. The Morgan fingerprint density at radius 2 is 1.94 bits per heavy atom. The monoisotopic (exact) mass is 239 g/mol. The Hall–Kier alpha value is -2.12. The summed E-state index contributed by atoms with van der Waals surface area (Å²) in [7, 11) is 1.34. The summed E-state index contributed by atoms with van der Waals surface area (Å²) in [5, 5.41) is 6.15. The van der Waals surface area contributed by atoms with Crippen molar-refractivity contribution in [3.8, 4) is 0 Å². The Morgan fingerprint density at radius 3 is 2.47 bits per heavy atom. The van der Waals surface area contributed by atoms with E-state index >= 15 is 0 Å². The predicted molar refractivity (Wildman–Crippen MR) is 56.3 cm³/mol. The van der Waals surface area contributed by atoms with Gasteiger partial charge in [0, 0.05) is 26.2 Å². The minimum Gasteiger partial charge on any atom is -0.453 e. The number of nitrogens with zero attached hydrogens (tertiary/aromatic N) is 4. The van der Waals surface area contributed by atoms with Gasteiger partial charge in [-0.15, -0.1) is 0 Å². The van der Waals surface area contributed by atoms with Crippen LogP contribution in [0.2, 0.25) is 0 Å². The van der Waals surface area contributed by atoms with E-state index in [1.54, 1.807) is 9.80 Å². The SMILES string of the molecule is COC(=O)N1CCN(C(=O)c2ncn[nH]2)CC1. The number of rotatable bonds is 1. The van der Waals surface area contributed by atoms with E-state index in [0.717, 1.165) is 0 Å². The lowest BCUT2D eigenvalue weighted by atomic mass is 10.3. The summed E-state index contributed by atoms with van der Waals surface area (Å²) in [6, 6.07) is 0. The van der Waals surface area contributed by atoms with E-state index in [1.807, 2.05) is 0 Å². The number of nitrogens with one attached hydrogen (secondary N) is 1. The Labute approximate surface area is 97.6 Å². The van der Waals surface area contributed by atoms with Crippen LogP contribution < -0.4 is 0 Å². The molecule has 1 saturated heterocycles. The van der Waals surface area contributed by atoms with Gasteiger partial charge >= 0.3 is 6.09 Å². The maximum Gasteiger partial charge on any atom is 0.409 e. The molecule has 0 aliphatic carbocycles. The van der Waals surface area contributed by atoms with Gasteiger partial charge in [-0.2, -0.15) is 5.10 Å². The maximum absolute atomic E-state index is 11.9. The van der Waals surface area contributed by atoms with E-state index in [1.165, 1.54) is 13.4 Å². The molecule has 0 unspecified atom stereocenters. The second kappa shape index (κ2) is 4.81. The minimum atomic E-state index is -0.364. The first-order chi connectivity index (χ1) is 8.22. The van der Waals surface area contributed by atoms with Crippen LogP contribution in [-0.2, 0) is 4.74 Å². The molecule has 92 valence electrons. The van der Waals surface area contributed by atoms with Crippen LogP contribution in [0, 0.1) is 0 Å². The second-order valence-corrected chi connectivity index (χ2v) is 3.58. The quantitative estimate of drug-likeness (QED) is 0.701. The van der Waals surface area contributed by atoms with Crippen molar-refractivity contribution in [1.82, 2.24) is 25.0 Å². The summed E-state index contributed by atoms with van der Waals surface area (Å²) in [6.07, 6.45) is 0.926. The standard InChI is InChI=1S/C9H13N5O3/c1-17-9(16)14-4-2-13(3-5-14)8(15)7-10-6-11-12-7/h6H,2-5H2,1H3,(H,10,11,12). The Morgan fingerprint density at radius 1 is 1.29 bits per heavy atom. The van der Waals surface area contributed by atoms with Gasteiger partial charge in [0.2, 0.25) is 5.82 Å². The van der Waals surface area contributed by atoms with Gasteiger partial charge in [-0.1, -0.05) is 0 Å². The van der Waals surface area contributed by atoms with Gasteiger partial charge in [-0.05, 0) is 0 Å². The molecule has 1 aliphatic rings. The fraction of sp³-hybridized carbons (Fsp3) is 0.556. The number of aromatic amines is 1. The predicted octanol–water partition coefficient (Wildman–Crippen LogP) is -0.671. The summed E-state index contributed by atoms with van der Waals surface area (Å²) in [4.78, 5) is 30.1. The first-order valence-corrected chi connectivity index (χ1v) is 5.20. The maximum atomic E-state index is 11.9.